The minimum atomic E-state index is 0.250. The van der Waals surface area contributed by atoms with Crippen molar-refractivity contribution >= 4 is 34.2 Å². The van der Waals surface area contributed by atoms with Gasteiger partial charge in [-0.25, -0.2) is 9.97 Å². The molecule has 8 aromatic rings. The molecule has 270 valence electrons. The van der Waals surface area contributed by atoms with Crippen LogP contribution < -0.4 is 0 Å². The maximum Gasteiger partial charge on any atom is 0.141 e. The molecule has 0 unspecified atom stereocenters. The van der Waals surface area contributed by atoms with Gasteiger partial charge in [-0.3, -0.25) is 0 Å². The van der Waals surface area contributed by atoms with E-state index in [4.69, 9.17) is 19.1 Å². The smallest absolute Gasteiger partial charge is 0.141 e. The zero-order valence-electron chi connectivity index (χ0n) is 31.4. The number of aromatic nitrogens is 6. The third kappa shape index (κ3) is 8.54. The zero-order valence-corrected chi connectivity index (χ0v) is 31.4. The van der Waals surface area contributed by atoms with Gasteiger partial charge in [0.2, 0.25) is 0 Å². The van der Waals surface area contributed by atoms with E-state index in [2.05, 4.69) is 104 Å². The van der Waals surface area contributed by atoms with Crippen molar-refractivity contribution in [3.8, 4) is 22.3 Å². The van der Waals surface area contributed by atoms with E-state index in [1.807, 2.05) is 59.7 Å². The summed E-state index contributed by atoms with van der Waals surface area (Å²) in [7, 11) is 0. The van der Waals surface area contributed by atoms with Crippen LogP contribution in [0.15, 0.2) is 94.0 Å². The monoisotopic (exact) mass is 706 g/mol. The van der Waals surface area contributed by atoms with Crippen LogP contribution in [-0.2, 0) is 12.8 Å². The number of imidazole rings is 2. The lowest BCUT2D eigenvalue weighted by atomic mass is 9.97. The first-order valence-electron chi connectivity index (χ1n) is 17.9. The summed E-state index contributed by atoms with van der Waals surface area (Å²) in [5.41, 5.74) is 15.1. The molecule has 9 nitrogen and oxygen atoms in total. The van der Waals surface area contributed by atoms with Crippen molar-refractivity contribution in [1.29, 1.82) is 0 Å². The van der Waals surface area contributed by atoms with Gasteiger partial charge in [0.05, 0.1) is 33.5 Å². The zero-order chi connectivity index (χ0) is 37.5. The van der Waals surface area contributed by atoms with Crippen molar-refractivity contribution < 1.29 is 14.2 Å². The van der Waals surface area contributed by atoms with Crippen LogP contribution in [0.3, 0.4) is 0 Å². The Morgan fingerprint density at radius 2 is 1.13 bits per heavy atom. The first-order valence-corrected chi connectivity index (χ1v) is 17.9. The Morgan fingerprint density at radius 3 is 1.68 bits per heavy atom. The number of rotatable bonds is 7. The largest absolute Gasteiger partial charge is 0.397 e. The Hall–Kier alpha value is -6.06. The van der Waals surface area contributed by atoms with Crippen molar-refractivity contribution in [3.63, 3.8) is 0 Å². The maximum absolute atomic E-state index is 7.57. The van der Waals surface area contributed by atoms with Crippen LogP contribution in [-0.4, -0.2) is 42.0 Å². The highest BCUT2D eigenvalue weighted by atomic mass is 16.5. The molecule has 0 bridgehead atoms. The Morgan fingerprint density at radius 1 is 0.623 bits per heavy atom. The Kier molecular flexibility index (Phi) is 11.4. The second-order valence-corrected chi connectivity index (χ2v) is 13.1. The van der Waals surface area contributed by atoms with Crippen LogP contribution in [0.5, 0.6) is 0 Å². The Labute approximate surface area is 309 Å². The summed E-state index contributed by atoms with van der Waals surface area (Å²) in [6.07, 6.45) is 6.16. The molecule has 0 aliphatic rings. The molecule has 53 heavy (non-hydrogen) atoms. The van der Waals surface area contributed by atoms with E-state index in [0.717, 1.165) is 103 Å². The number of nitrogens with one attached hydrogen (secondary N) is 2. The van der Waals surface area contributed by atoms with Gasteiger partial charge < -0.3 is 24.1 Å². The summed E-state index contributed by atoms with van der Waals surface area (Å²) in [5.74, 6) is 3.51. The number of hydrogen-bond acceptors (Lipinski definition) is 7. The molecule has 3 N–H and O–H groups in total. The second kappa shape index (κ2) is 16.5. The third-order valence-corrected chi connectivity index (χ3v) is 8.94. The first-order chi connectivity index (χ1) is 25.6. The molecule has 0 aliphatic heterocycles. The molecule has 0 atom stereocenters. The van der Waals surface area contributed by atoms with E-state index < -0.39 is 0 Å². The van der Waals surface area contributed by atoms with E-state index in [9.17, 15) is 0 Å². The van der Waals surface area contributed by atoms with Crippen LogP contribution in [0.25, 0.3) is 56.5 Å². The van der Waals surface area contributed by atoms with E-state index in [1.165, 1.54) is 11.1 Å². The second-order valence-electron chi connectivity index (χ2n) is 13.1. The highest BCUT2D eigenvalue weighted by Gasteiger charge is 2.17. The number of H-pyrrole nitrogens is 2. The lowest BCUT2D eigenvalue weighted by molar-refractivity contribution is 0.318. The first kappa shape index (κ1) is 36.7. The fraction of sp³-hybridized carbons (Fsp3) is 0.227. The highest BCUT2D eigenvalue weighted by Crippen LogP contribution is 2.33. The molecule has 8 rings (SSSR count). The van der Waals surface area contributed by atoms with Crippen LogP contribution >= 0.6 is 0 Å². The molecule has 4 aromatic carbocycles. The fourth-order valence-electron chi connectivity index (χ4n) is 6.65. The lowest BCUT2D eigenvalue weighted by Crippen LogP contribution is -1.94. The predicted molar refractivity (Wildman–Crippen MR) is 214 cm³/mol. The average Bonchev–Trinajstić information content (AvgIpc) is 3.91. The third-order valence-electron chi connectivity index (χ3n) is 8.94. The number of benzene rings is 4. The van der Waals surface area contributed by atoms with Gasteiger partial charge in [-0.1, -0.05) is 83.1 Å². The topological polar surface area (TPSA) is 130 Å². The quantitative estimate of drug-likeness (QED) is 0.141. The number of fused-ring (bicyclic) bond motifs is 2. The van der Waals surface area contributed by atoms with Gasteiger partial charge in [-0.2, -0.15) is 0 Å². The highest BCUT2D eigenvalue weighted by molar-refractivity contribution is 5.93. The fourth-order valence-corrected chi connectivity index (χ4v) is 6.65. The molecule has 4 aromatic heterocycles. The van der Waals surface area contributed by atoms with Gasteiger partial charge in [0.25, 0.3) is 0 Å². The Balaban J connectivity index is 0.000000169. The number of hydrogen-bond donors (Lipinski definition) is 3. The van der Waals surface area contributed by atoms with E-state index >= 15 is 0 Å². The van der Waals surface area contributed by atoms with Crippen LogP contribution in [0.2, 0.25) is 0 Å². The van der Waals surface area contributed by atoms with Crippen molar-refractivity contribution in [3.05, 3.63) is 142 Å². The molecule has 0 aliphatic carbocycles. The summed E-state index contributed by atoms with van der Waals surface area (Å²) < 4.78 is 10.7. The van der Waals surface area contributed by atoms with Gasteiger partial charge >= 0.3 is 0 Å². The summed E-state index contributed by atoms with van der Waals surface area (Å²) >= 11 is 0. The molecule has 0 saturated heterocycles. The summed E-state index contributed by atoms with van der Waals surface area (Å²) in [5, 5.41) is 15.8. The van der Waals surface area contributed by atoms with E-state index in [0.29, 0.717) is 0 Å². The standard InChI is InChI=1S/C21H21N3O.C21H19N3O.C2H6O/c2*1-13-20(14(2)25-24-13)18-11-17(10-9-16-7-5-4-6-8-16)21-19(12-18)22-15(3)23-21;1-2-3/h4-8,11-12H,9-10H2,1-3H3,(H,22,23);4-12H,1-3H3,(H,22,23);3H,2H2,1H3/b;10-9+;. The normalized spacial score (nSPS) is 11.2. The van der Waals surface area contributed by atoms with Gasteiger partial charge in [-0.05, 0) is 113 Å². The summed E-state index contributed by atoms with van der Waals surface area (Å²) in [4.78, 5) is 16.1. The van der Waals surface area contributed by atoms with Gasteiger partial charge in [0.15, 0.2) is 0 Å². The van der Waals surface area contributed by atoms with Crippen LogP contribution in [0.4, 0.5) is 0 Å². The van der Waals surface area contributed by atoms with E-state index in [-0.39, 0.29) is 6.61 Å². The lowest BCUT2D eigenvalue weighted by Gasteiger charge is -2.07. The molecule has 0 spiro atoms. The van der Waals surface area contributed by atoms with Crippen LogP contribution in [0.1, 0.15) is 63.7 Å². The van der Waals surface area contributed by atoms with E-state index in [1.54, 1.807) is 6.92 Å². The molecule has 0 radical (unpaired) electrons. The number of aliphatic hydroxyl groups excluding tert-OH is 1. The van der Waals surface area contributed by atoms with Crippen molar-refractivity contribution in [2.75, 3.05) is 6.61 Å². The number of aliphatic hydroxyl groups is 1. The molecule has 4 heterocycles. The van der Waals surface area contributed by atoms with Gasteiger partial charge in [0.1, 0.15) is 23.2 Å². The maximum atomic E-state index is 7.57. The molecule has 0 amide bonds. The molecule has 0 saturated carbocycles. The minimum absolute atomic E-state index is 0.250. The SMILES string of the molecule is CCO.Cc1nc2c(/C=C/c3ccccc3)cc(-c3c(C)noc3C)cc2[nH]1.Cc1nc2c(CCc3ccccc3)cc(-c3c(C)noc3C)cc2[nH]1. The summed E-state index contributed by atoms with van der Waals surface area (Å²) in [6, 6.07) is 29.5. The van der Waals surface area contributed by atoms with Gasteiger partial charge in [0, 0.05) is 23.3 Å². The van der Waals surface area contributed by atoms with Gasteiger partial charge in [-0.15, -0.1) is 0 Å². The molecular formula is C44H46N6O3. The Bertz CT molecular complexity index is 2430. The number of aryl methyl sites for hydroxylation is 8. The molecular weight excluding hydrogens is 661 g/mol. The molecule has 9 heteroatoms. The molecule has 0 fully saturated rings. The average molecular weight is 707 g/mol. The number of aromatic amines is 2. The van der Waals surface area contributed by atoms with Crippen molar-refractivity contribution in [2.24, 2.45) is 0 Å². The van der Waals surface area contributed by atoms with Crippen molar-refractivity contribution in [1.82, 2.24) is 30.2 Å². The number of nitrogens with zero attached hydrogens (tertiary/aromatic N) is 4. The van der Waals surface area contributed by atoms with Crippen molar-refractivity contribution in [2.45, 2.75) is 61.3 Å². The van der Waals surface area contributed by atoms with Crippen LogP contribution in [0, 0.1) is 41.5 Å². The summed E-state index contributed by atoms with van der Waals surface area (Å²) in [6.45, 7) is 13.8. The predicted octanol–water partition coefficient (Wildman–Crippen LogP) is 10.2. The minimum Gasteiger partial charge on any atom is -0.397 e.